The van der Waals surface area contributed by atoms with Crippen molar-refractivity contribution in [2.24, 2.45) is 4.99 Å². The van der Waals surface area contributed by atoms with E-state index in [0.717, 1.165) is 42.2 Å². The number of hydrogen-bond acceptors (Lipinski definition) is 4. The SMILES string of the molecule is CCOc1cc(NC(=NC)NCCCCN2CCCCC2C)ccc1OC.I. The molecule has 1 heterocycles. The lowest BCUT2D eigenvalue weighted by Crippen LogP contribution is -2.38. The van der Waals surface area contributed by atoms with Crippen LogP contribution >= 0.6 is 24.0 Å². The van der Waals surface area contributed by atoms with Crippen molar-refractivity contribution >= 4 is 35.6 Å². The monoisotopic (exact) mass is 504 g/mol. The first kappa shape index (κ1) is 24.8. The number of methoxy groups -OCH3 is 1. The molecule has 1 atom stereocenters. The van der Waals surface area contributed by atoms with E-state index in [2.05, 4.69) is 27.4 Å². The van der Waals surface area contributed by atoms with Crippen molar-refractivity contribution in [1.82, 2.24) is 10.2 Å². The number of piperidine rings is 1. The van der Waals surface area contributed by atoms with Crippen molar-refractivity contribution in [3.63, 3.8) is 0 Å². The average Bonchev–Trinajstić information content (AvgIpc) is 2.68. The summed E-state index contributed by atoms with van der Waals surface area (Å²) in [6, 6.07) is 6.55. The summed E-state index contributed by atoms with van der Waals surface area (Å²) < 4.78 is 11.0. The highest BCUT2D eigenvalue weighted by atomic mass is 127. The molecule has 0 amide bonds. The number of rotatable bonds is 9. The minimum absolute atomic E-state index is 0. The summed E-state index contributed by atoms with van der Waals surface area (Å²) in [5.41, 5.74) is 0.925. The first-order valence-corrected chi connectivity index (χ1v) is 10.2. The van der Waals surface area contributed by atoms with Crippen molar-refractivity contribution in [1.29, 1.82) is 0 Å². The van der Waals surface area contributed by atoms with Crippen molar-refractivity contribution in [3.8, 4) is 11.5 Å². The molecular weight excluding hydrogens is 467 g/mol. The van der Waals surface area contributed by atoms with Gasteiger partial charge in [0.25, 0.3) is 0 Å². The van der Waals surface area contributed by atoms with Gasteiger partial charge in [0.2, 0.25) is 0 Å². The fraction of sp³-hybridized carbons (Fsp3) is 0.667. The molecule has 1 aromatic rings. The Morgan fingerprint density at radius 2 is 2.07 bits per heavy atom. The maximum absolute atomic E-state index is 5.63. The molecular formula is C21H37IN4O2. The number of unbranched alkanes of at least 4 members (excludes halogenated alkanes) is 1. The zero-order valence-corrected chi connectivity index (χ0v) is 20.1. The lowest BCUT2D eigenvalue weighted by molar-refractivity contribution is 0.158. The van der Waals surface area contributed by atoms with Gasteiger partial charge in [0.1, 0.15) is 0 Å². The number of benzene rings is 1. The number of guanidine groups is 1. The van der Waals surface area contributed by atoms with Gasteiger partial charge in [-0.05, 0) is 64.8 Å². The van der Waals surface area contributed by atoms with Gasteiger partial charge < -0.3 is 25.0 Å². The minimum Gasteiger partial charge on any atom is -0.493 e. The van der Waals surface area contributed by atoms with Crippen LogP contribution in [0.4, 0.5) is 5.69 Å². The summed E-state index contributed by atoms with van der Waals surface area (Å²) in [7, 11) is 3.44. The molecule has 1 aliphatic rings. The maximum Gasteiger partial charge on any atom is 0.195 e. The molecule has 1 saturated heterocycles. The van der Waals surface area contributed by atoms with Crippen LogP contribution in [0, 0.1) is 0 Å². The smallest absolute Gasteiger partial charge is 0.195 e. The van der Waals surface area contributed by atoms with Gasteiger partial charge in [-0.15, -0.1) is 24.0 Å². The Morgan fingerprint density at radius 1 is 1.25 bits per heavy atom. The summed E-state index contributed by atoms with van der Waals surface area (Å²) in [4.78, 5) is 6.94. The molecule has 2 rings (SSSR count). The van der Waals surface area contributed by atoms with Crippen molar-refractivity contribution in [2.75, 3.05) is 45.7 Å². The van der Waals surface area contributed by atoms with Gasteiger partial charge in [-0.1, -0.05) is 6.42 Å². The largest absolute Gasteiger partial charge is 0.493 e. The predicted molar refractivity (Wildman–Crippen MR) is 129 cm³/mol. The molecule has 160 valence electrons. The second kappa shape index (κ2) is 13.9. The van der Waals surface area contributed by atoms with E-state index in [0.29, 0.717) is 6.61 Å². The average molecular weight is 504 g/mol. The van der Waals surface area contributed by atoms with Gasteiger partial charge in [-0.25, -0.2) is 0 Å². The normalized spacial score (nSPS) is 17.6. The molecule has 6 nitrogen and oxygen atoms in total. The zero-order chi connectivity index (χ0) is 19.5. The molecule has 0 saturated carbocycles. The predicted octanol–water partition coefficient (Wildman–Crippen LogP) is 4.35. The van der Waals surface area contributed by atoms with E-state index < -0.39 is 0 Å². The molecule has 0 aromatic heterocycles. The topological polar surface area (TPSA) is 58.1 Å². The van der Waals surface area contributed by atoms with Crippen LogP contribution in [0.25, 0.3) is 0 Å². The molecule has 1 aromatic carbocycles. The van der Waals surface area contributed by atoms with Gasteiger partial charge in [-0.2, -0.15) is 0 Å². The van der Waals surface area contributed by atoms with Gasteiger partial charge >= 0.3 is 0 Å². The van der Waals surface area contributed by atoms with E-state index in [1.54, 1.807) is 14.2 Å². The molecule has 1 unspecified atom stereocenters. The Hall–Kier alpha value is -1.22. The Labute approximate surface area is 187 Å². The molecule has 0 aliphatic carbocycles. The number of nitrogens with one attached hydrogen (secondary N) is 2. The summed E-state index contributed by atoms with van der Waals surface area (Å²) in [6.45, 7) is 8.29. The van der Waals surface area contributed by atoms with E-state index in [1.165, 1.54) is 38.8 Å². The standard InChI is InChI=1S/C21H36N4O2.HI/c1-5-27-20-16-18(11-12-19(20)26-4)24-21(22-3)23-13-7-9-15-25-14-8-6-10-17(25)2;/h11-12,16-17H,5-10,13-15H2,1-4H3,(H2,22,23,24);1H. The van der Waals surface area contributed by atoms with E-state index in [4.69, 9.17) is 9.47 Å². The van der Waals surface area contributed by atoms with E-state index >= 15 is 0 Å². The Morgan fingerprint density at radius 3 is 2.75 bits per heavy atom. The van der Waals surface area contributed by atoms with Crippen LogP contribution in [-0.4, -0.2) is 57.3 Å². The molecule has 0 bridgehead atoms. The van der Waals surface area contributed by atoms with Crippen LogP contribution in [0.3, 0.4) is 0 Å². The van der Waals surface area contributed by atoms with E-state index in [-0.39, 0.29) is 24.0 Å². The number of nitrogens with zero attached hydrogens (tertiary/aromatic N) is 2. The number of aliphatic imine (C=N–C) groups is 1. The molecule has 7 heteroatoms. The summed E-state index contributed by atoms with van der Waals surface area (Å²) in [6.07, 6.45) is 6.44. The second-order valence-electron chi connectivity index (χ2n) is 7.01. The first-order chi connectivity index (χ1) is 13.2. The van der Waals surface area contributed by atoms with E-state index in [1.807, 2.05) is 25.1 Å². The van der Waals surface area contributed by atoms with Crippen LogP contribution < -0.4 is 20.1 Å². The Kier molecular flexibility index (Phi) is 12.3. The Bertz CT molecular complexity index is 598. The third-order valence-electron chi connectivity index (χ3n) is 5.05. The number of anilines is 1. The lowest BCUT2D eigenvalue weighted by Gasteiger charge is -2.33. The first-order valence-electron chi connectivity index (χ1n) is 10.2. The zero-order valence-electron chi connectivity index (χ0n) is 17.8. The lowest BCUT2D eigenvalue weighted by atomic mass is 10.0. The number of hydrogen-bond donors (Lipinski definition) is 2. The summed E-state index contributed by atoms with van der Waals surface area (Å²) >= 11 is 0. The fourth-order valence-corrected chi connectivity index (χ4v) is 3.48. The second-order valence-corrected chi connectivity index (χ2v) is 7.01. The highest BCUT2D eigenvalue weighted by molar-refractivity contribution is 14.0. The molecule has 0 radical (unpaired) electrons. The number of likely N-dealkylation sites (tertiary alicyclic amines) is 1. The van der Waals surface area contributed by atoms with Gasteiger partial charge in [0, 0.05) is 31.4 Å². The van der Waals surface area contributed by atoms with Crippen LogP contribution in [0.15, 0.2) is 23.2 Å². The van der Waals surface area contributed by atoms with Crippen molar-refractivity contribution < 1.29 is 9.47 Å². The van der Waals surface area contributed by atoms with Gasteiger partial charge in [0.05, 0.1) is 13.7 Å². The quantitative estimate of drug-likeness (QED) is 0.227. The van der Waals surface area contributed by atoms with Gasteiger partial charge in [-0.3, -0.25) is 4.99 Å². The summed E-state index contributed by atoms with van der Waals surface area (Å²) in [5, 5.41) is 6.71. The maximum atomic E-state index is 5.63. The van der Waals surface area contributed by atoms with Crippen LogP contribution in [-0.2, 0) is 0 Å². The summed E-state index contributed by atoms with van der Waals surface area (Å²) in [5.74, 6) is 2.24. The molecule has 1 aliphatic heterocycles. The van der Waals surface area contributed by atoms with Crippen molar-refractivity contribution in [2.45, 2.75) is 52.0 Å². The number of ether oxygens (including phenoxy) is 2. The minimum atomic E-state index is 0. The molecule has 28 heavy (non-hydrogen) atoms. The third-order valence-corrected chi connectivity index (χ3v) is 5.05. The molecule has 0 spiro atoms. The third kappa shape index (κ3) is 8.03. The fourth-order valence-electron chi connectivity index (χ4n) is 3.48. The Balaban J connectivity index is 0.00000392. The van der Waals surface area contributed by atoms with Crippen LogP contribution in [0.5, 0.6) is 11.5 Å². The van der Waals surface area contributed by atoms with Gasteiger partial charge in [0.15, 0.2) is 17.5 Å². The van der Waals surface area contributed by atoms with Crippen LogP contribution in [0.1, 0.15) is 46.0 Å². The highest BCUT2D eigenvalue weighted by Gasteiger charge is 2.17. The molecule has 2 N–H and O–H groups in total. The molecule has 1 fully saturated rings. The number of halogens is 1. The highest BCUT2D eigenvalue weighted by Crippen LogP contribution is 2.30. The van der Waals surface area contributed by atoms with Crippen molar-refractivity contribution in [3.05, 3.63) is 18.2 Å². The van der Waals surface area contributed by atoms with Crippen LogP contribution in [0.2, 0.25) is 0 Å². The van der Waals surface area contributed by atoms with E-state index in [9.17, 15) is 0 Å².